The normalized spacial score (nSPS) is 14.6. The highest BCUT2D eigenvalue weighted by molar-refractivity contribution is 6.00. The Balaban J connectivity index is 2.23. The lowest BCUT2D eigenvalue weighted by Gasteiger charge is -2.26. The summed E-state index contributed by atoms with van der Waals surface area (Å²) < 4.78 is 0. The van der Waals surface area contributed by atoms with Crippen LogP contribution in [0.25, 0.3) is 0 Å². The van der Waals surface area contributed by atoms with Crippen molar-refractivity contribution in [2.75, 3.05) is 18.0 Å². The molecular weight excluding hydrogens is 210 g/mol. The zero-order valence-corrected chi connectivity index (χ0v) is 10.4. The topological polar surface area (TPSA) is 53.1 Å². The summed E-state index contributed by atoms with van der Waals surface area (Å²) in [6.45, 7) is 4.34. The highest BCUT2D eigenvalue weighted by Gasteiger charge is 2.25. The van der Waals surface area contributed by atoms with Crippen LogP contribution in [-0.4, -0.2) is 18.9 Å². The fourth-order valence-corrected chi connectivity index (χ4v) is 2.17. The summed E-state index contributed by atoms with van der Waals surface area (Å²) in [5, 5.41) is 7.65. The summed E-state index contributed by atoms with van der Waals surface area (Å²) in [5.41, 5.74) is 7.63. The Morgan fingerprint density at radius 2 is 2.12 bits per heavy atom. The fourth-order valence-electron chi connectivity index (χ4n) is 2.17. The Kier molecular flexibility index (Phi) is 3.67. The molecule has 1 aromatic carbocycles. The number of amidine groups is 1. The predicted molar refractivity (Wildman–Crippen MR) is 72.7 cm³/mol. The van der Waals surface area contributed by atoms with Crippen molar-refractivity contribution < 1.29 is 0 Å². The molecule has 1 aliphatic carbocycles. The van der Waals surface area contributed by atoms with Gasteiger partial charge in [-0.1, -0.05) is 19.1 Å². The van der Waals surface area contributed by atoms with Gasteiger partial charge in [0.1, 0.15) is 5.84 Å². The van der Waals surface area contributed by atoms with Crippen molar-refractivity contribution in [2.24, 2.45) is 11.7 Å². The lowest BCUT2D eigenvalue weighted by atomic mass is 10.1. The van der Waals surface area contributed by atoms with Gasteiger partial charge in [-0.3, -0.25) is 5.41 Å². The summed E-state index contributed by atoms with van der Waals surface area (Å²) in [6, 6.07) is 7.99. The molecule has 1 fully saturated rings. The van der Waals surface area contributed by atoms with Crippen LogP contribution in [0.15, 0.2) is 24.3 Å². The Bertz CT molecular complexity index is 396. The minimum absolute atomic E-state index is 0.164. The van der Waals surface area contributed by atoms with Crippen molar-refractivity contribution in [1.82, 2.24) is 0 Å². The number of nitrogens with zero attached hydrogens (tertiary/aromatic N) is 1. The van der Waals surface area contributed by atoms with E-state index in [4.69, 9.17) is 11.1 Å². The smallest absolute Gasteiger partial charge is 0.124 e. The van der Waals surface area contributed by atoms with E-state index in [1.807, 2.05) is 18.2 Å². The van der Waals surface area contributed by atoms with Gasteiger partial charge in [-0.15, -0.1) is 0 Å². The molecule has 0 aromatic heterocycles. The second kappa shape index (κ2) is 5.21. The van der Waals surface area contributed by atoms with E-state index in [0.29, 0.717) is 0 Å². The zero-order chi connectivity index (χ0) is 12.3. The second-order valence-corrected chi connectivity index (χ2v) is 4.82. The number of rotatable bonds is 6. The number of hydrogen-bond donors (Lipinski definition) is 2. The molecule has 3 nitrogen and oxygen atoms in total. The number of nitrogens with one attached hydrogen (secondary N) is 1. The van der Waals surface area contributed by atoms with E-state index in [-0.39, 0.29) is 5.84 Å². The molecule has 0 bridgehead atoms. The van der Waals surface area contributed by atoms with Crippen molar-refractivity contribution in [2.45, 2.75) is 26.2 Å². The van der Waals surface area contributed by atoms with E-state index in [9.17, 15) is 0 Å². The van der Waals surface area contributed by atoms with Gasteiger partial charge in [0.15, 0.2) is 0 Å². The number of benzene rings is 1. The Morgan fingerprint density at radius 3 is 2.71 bits per heavy atom. The van der Waals surface area contributed by atoms with E-state index in [2.05, 4.69) is 17.9 Å². The molecule has 0 aliphatic heterocycles. The van der Waals surface area contributed by atoms with Gasteiger partial charge in [-0.25, -0.2) is 0 Å². The number of hydrogen-bond acceptors (Lipinski definition) is 2. The largest absolute Gasteiger partial charge is 0.384 e. The third kappa shape index (κ3) is 2.99. The van der Waals surface area contributed by atoms with E-state index in [1.54, 1.807) is 0 Å². The van der Waals surface area contributed by atoms with Gasteiger partial charge < -0.3 is 10.6 Å². The monoisotopic (exact) mass is 231 g/mol. The number of anilines is 1. The van der Waals surface area contributed by atoms with Crippen molar-refractivity contribution in [3.05, 3.63) is 29.8 Å². The molecule has 0 unspecified atom stereocenters. The van der Waals surface area contributed by atoms with Crippen molar-refractivity contribution in [3.8, 4) is 0 Å². The summed E-state index contributed by atoms with van der Waals surface area (Å²) in [5.74, 6) is 1.01. The minimum atomic E-state index is 0.164. The van der Waals surface area contributed by atoms with Crippen LogP contribution in [0.4, 0.5) is 5.69 Å². The summed E-state index contributed by atoms with van der Waals surface area (Å²) in [7, 11) is 0. The molecule has 1 saturated carbocycles. The van der Waals surface area contributed by atoms with E-state index in [0.717, 1.165) is 36.7 Å². The van der Waals surface area contributed by atoms with Crippen LogP contribution in [0.3, 0.4) is 0 Å². The van der Waals surface area contributed by atoms with Crippen LogP contribution in [0.1, 0.15) is 31.7 Å². The van der Waals surface area contributed by atoms with Crippen LogP contribution >= 0.6 is 0 Å². The highest BCUT2D eigenvalue weighted by Crippen LogP contribution is 2.32. The van der Waals surface area contributed by atoms with Gasteiger partial charge in [-0.05, 0) is 37.3 Å². The summed E-state index contributed by atoms with van der Waals surface area (Å²) in [4.78, 5) is 2.38. The first-order valence-electron chi connectivity index (χ1n) is 6.40. The molecule has 1 aliphatic rings. The molecular formula is C14H21N3. The fraction of sp³-hybridized carbons (Fsp3) is 0.500. The van der Waals surface area contributed by atoms with Crippen LogP contribution < -0.4 is 10.6 Å². The standard InChI is InChI=1S/C14H21N3/c1-2-9-17(10-11-7-8-11)13-6-4-3-5-12(13)14(15)16/h3-6,11H,2,7-10H2,1H3,(H3,15,16). The molecule has 3 heteroatoms. The summed E-state index contributed by atoms with van der Waals surface area (Å²) in [6.07, 6.45) is 3.82. The quantitative estimate of drug-likeness (QED) is 0.584. The second-order valence-electron chi connectivity index (χ2n) is 4.82. The molecule has 0 amide bonds. The molecule has 0 spiro atoms. The van der Waals surface area contributed by atoms with Gasteiger partial charge in [-0.2, -0.15) is 0 Å². The molecule has 0 atom stereocenters. The first kappa shape index (κ1) is 12.0. The third-order valence-corrected chi connectivity index (χ3v) is 3.20. The maximum Gasteiger partial charge on any atom is 0.124 e. The zero-order valence-electron chi connectivity index (χ0n) is 10.4. The minimum Gasteiger partial charge on any atom is -0.384 e. The van der Waals surface area contributed by atoms with Gasteiger partial charge in [0.25, 0.3) is 0 Å². The SMILES string of the molecule is CCCN(CC1CC1)c1ccccc1C(=N)N. The van der Waals surface area contributed by atoms with Crippen molar-refractivity contribution >= 4 is 11.5 Å². The first-order valence-corrected chi connectivity index (χ1v) is 6.40. The van der Waals surface area contributed by atoms with E-state index in [1.165, 1.54) is 12.8 Å². The van der Waals surface area contributed by atoms with Gasteiger partial charge >= 0.3 is 0 Å². The Morgan fingerprint density at radius 1 is 1.41 bits per heavy atom. The van der Waals surface area contributed by atoms with Crippen LogP contribution in [0, 0.1) is 11.3 Å². The van der Waals surface area contributed by atoms with Crippen LogP contribution in [-0.2, 0) is 0 Å². The number of nitrogen functional groups attached to an aromatic ring is 1. The van der Waals surface area contributed by atoms with Crippen LogP contribution in [0.2, 0.25) is 0 Å². The number of para-hydroxylation sites is 1. The lowest BCUT2D eigenvalue weighted by molar-refractivity contribution is 0.707. The van der Waals surface area contributed by atoms with Crippen molar-refractivity contribution in [1.29, 1.82) is 5.41 Å². The average molecular weight is 231 g/mol. The first-order chi connectivity index (χ1) is 8.22. The average Bonchev–Trinajstić information content (AvgIpc) is 3.12. The Labute approximate surface area is 103 Å². The van der Waals surface area contributed by atoms with Gasteiger partial charge in [0.05, 0.1) is 0 Å². The molecule has 17 heavy (non-hydrogen) atoms. The van der Waals surface area contributed by atoms with E-state index < -0.39 is 0 Å². The molecule has 0 radical (unpaired) electrons. The highest BCUT2D eigenvalue weighted by atomic mass is 15.1. The molecule has 1 aromatic rings. The molecule has 0 saturated heterocycles. The molecule has 2 rings (SSSR count). The Hall–Kier alpha value is -1.51. The molecule has 3 N–H and O–H groups in total. The summed E-state index contributed by atoms with van der Waals surface area (Å²) >= 11 is 0. The molecule has 0 heterocycles. The van der Waals surface area contributed by atoms with Crippen molar-refractivity contribution in [3.63, 3.8) is 0 Å². The van der Waals surface area contributed by atoms with E-state index >= 15 is 0 Å². The van der Waals surface area contributed by atoms with Gasteiger partial charge in [0.2, 0.25) is 0 Å². The van der Waals surface area contributed by atoms with Gasteiger partial charge in [0, 0.05) is 24.3 Å². The third-order valence-electron chi connectivity index (χ3n) is 3.20. The van der Waals surface area contributed by atoms with Crippen LogP contribution in [0.5, 0.6) is 0 Å². The maximum atomic E-state index is 7.65. The number of nitrogens with two attached hydrogens (primary N) is 1. The molecule has 92 valence electrons. The lowest BCUT2D eigenvalue weighted by Crippen LogP contribution is -2.29. The predicted octanol–water partition coefficient (Wildman–Crippen LogP) is 2.60. The maximum absolute atomic E-state index is 7.65.